The monoisotopic (exact) mass is 492 g/mol. The third kappa shape index (κ3) is 5.04. The Bertz CT molecular complexity index is 1590. The van der Waals surface area contributed by atoms with Crippen molar-refractivity contribution in [2.45, 2.75) is 6.92 Å². The molecule has 0 saturated heterocycles. The van der Waals surface area contributed by atoms with E-state index in [1.54, 1.807) is 36.9 Å². The van der Waals surface area contributed by atoms with Crippen LogP contribution in [0, 0.1) is 0 Å². The van der Waals surface area contributed by atoms with Crippen LogP contribution in [0.25, 0.3) is 27.8 Å². The van der Waals surface area contributed by atoms with Crippen LogP contribution < -0.4 is 10.1 Å². The molecule has 1 amide bonds. The molecule has 0 radical (unpaired) electrons. The fourth-order valence-corrected chi connectivity index (χ4v) is 3.96. The number of fused-ring (bicyclic) bond motifs is 1. The Kier molecular flexibility index (Phi) is 6.63. The summed E-state index contributed by atoms with van der Waals surface area (Å²) in [5.41, 5.74) is 3.98. The Morgan fingerprint density at radius 1 is 0.892 bits per heavy atom. The summed E-state index contributed by atoms with van der Waals surface area (Å²) in [6, 6.07) is 27.5. The quantitative estimate of drug-likeness (QED) is 0.300. The summed E-state index contributed by atoms with van der Waals surface area (Å²) in [6.45, 7) is 1.99. The van der Waals surface area contributed by atoms with E-state index in [4.69, 9.17) is 9.47 Å². The van der Waals surface area contributed by atoms with E-state index in [-0.39, 0.29) is 18.2 Å². The summed E-state index contributed by atoms with van der Waals surface area (Å²) < 4.78 is 12.1. The number of ether oxygens (including phenoxy) is 2. The molecule has 5 rings (SSSR count). The van der Waals surface area contributed by atoms with Gasteiger partial charge in [0.2, 0.25) is 0 Å². The Hall–Kier alpha value is -4.98. The van der Waals surface area contributed by atoms with E-state index in [1.165, 1.54) is 0 Å². The van der Waals surface area contributed by atoms with Crippen LogP contribution in [0.4, 0.5) is 5.69 Å². The van der Waals surface area contributed by atoms with Gasteiger partial charge in [0.15, 0.2) is 5.69 Å². The first-order valence-electron chi connectivity index (χ1n) is 11.7. The summed E-state index contributed by atoms with van der Waals surface area (Å²) in [7, 11) is 1.60. The smallest absolute Gasteiger partial charge is 0.358 e. The van der Waals surface area contributed by atoms with Crippen molar-refractivity contribution in [2.75, 3.05) is 19.0 Å². The van der Waals surface area contributed by atoms with Crippen LogP contribution in [-0.4, -0.2) is 40.4 Å². The lowest BCUT2D eigenvalue weighted by atomic mass is 10.1. The fourth-order valence-electron chi connectivity index (χ4n) is 3.96. The highest BCUT2D eigenvalue weighted by atomic mass is 16.5. The number of carbonyl (C=O) groups excluding carboxylic acids is 2. The zero-order chi connectivity index (χ0) is 25.8. The van der Waals surface area contributed by atoms with Gasteiger partial charge in [0.1, 0.15) is 11.4 Å². The highest BCUT2D eigenvalue weighted by Gasteiger charge is 2.18. The second-order valence-electron chi connectivity index (χ2n) is 8.17. The normalized spacial score (nSPS) is 10.8. The minimum atomic E-state index is -0.511. The van der Waals surface area contributed by atoms with Gasteiger partial charge in [-0.05, 0) is 61.5 Å². The second-order valence-corrected chi connectivity index (χ2v) is 8.17. The molecule has 3 aromatic carbocycles. The number of anilines is 1. The number of carbonyl (C=O) groups is 2. The minimum Gasteiger partial charge on any atom is -0.497 e. The molecule has 2 heterocycles. The predicted octanol–water partition coefficient (Wildman–Crippen LogP) is 5.53. The van der Waals surface area contributed by atoms with Crippen molar-refractivity contribution < 1.29 is 19.1 Å². The van der Waals surface area contributed by atoms with Crippen molar-refractivity contribution in [3.8, 4) is 22.7 Å². The van der Waals surface area contributed by atoms with Crippen LogP contribution in [0.3, 0.4) is 0 Å². The summed E-state index contributed by atoms with van der Waals surface area (Å²) in [5, 5.41) is 8.38. The molecule has 1 N–H and O–H groups in total. The third-order valence-electron chi connectivity index (χ3n) is 5.76. The Labute approximate surface area is 213 Å². The Morgan fingerprint density at radius 2 is 1.70 bits per heavy atom. The number of aromatic nitrogens is 3. The lowest BCUT2D eigenvalue weighted by Gasteiger charge is -2.11. The van der Waals surface area contributed by atoms with E-state index < -0.39 is 5.97 Å². The van der Waals surface area contributed by atoms with Crippen LogP contribution in [0.1, 0.15) is 27.9 Å². The highest BCUT2D eigenvalue weighted by molar-refractivity contribution is 6.04. The topological polar surface area (TPSA) is 95.3 Å². The molecule has 0 bridgehead atoms. The molecule has 8 nitrogen and oxygen atoms in total. The average Bonchev–Trinajstić information content (AvgIpc) is 3.39. The van der Waals surface area contributed by atoms with E-state index in [9.17, 15) is 9.59 Å². The van der Waals surface area contributed by atoms with E-state index in [2.05, 4.69) is 15.4 Å². The fraction of sp³-hybridized carbons (Fsp3) is 0.103. The van der Waals surface area contributed by atoms with Gasteiger partial charge in [-0.15, -0.1) is 0 Å². The van der Waals surface area contributed by atoms with Gasteiger partial charge in [0, 0.05) is 16.6 Å². The van der Waals surface area contributed by atoms with Gasteiger partial charge < -0.3 is 14.8 Å². The van der Waals surface area contributed by atoms with Crippen LogP contribution in [0.5, 0.6) is 5.75 Å². The van der Waals surface area contributed by atoms with E-state index >= 15 is 0 Å². The minimum absolute atomic E-state index is 0.183. The molecule has 0 spiro atoms. The predicted molar refractivity (Wildman–Crippen MR) is 141 cm³/mol. The molecular weight excluding hydrogens is 468 g/mol. The standard InChI is InChI=1S/C29H24N4O4/c1-3-37-29(35)26-18-27(33(32-26)22-12-14-23(36-2)15-13-22)20-8-6-9-21(17-20)30-28(34)25-16-11-19-7-4-5-10-24(19)31-25/h4-18H,3H2,1-2H3,(H,30,34). The zero-order valence-electron chi connectivity index (χ0n) is 20.3. The van der Waals surface area contributed by atoms with Gasteiger partial charge in [-0.2, -0.15) is 5.10 Å². The van der Waals surface area contributed by atoms with Gasteiger partial charge in [-0.3, -0.25) is 4.79 Å². The summed E-state index contributed by atoms with van der Waals surface area (Å²) in [4.78, 5) is 29.9. The van der Waals surface area contributed by atoms with Gasteiger partial charge in [-0.25, -0.2) is 14.5 Å². The number of nitrogens with zero attached hydrogens (tertiary/aromatic N) is 3. The number of hydrogen-bond acceptors (Lipinski definition) is 6. The maximum absolute atomic E-state index is 13.0. The Morgan fingerprint density at radius 3 is 2.49 bits per heavy atom. The average molecular weight is 493 g/mol. The zero-order valence-corrected chi connectivity index (χ0v) is 20.3. The number of pyridine rings is 1. The van der Waals surface area contributed by atoms with Crippen LogP contribution in [0.15, 0.2) is 91.0 Å². The molecular formula is C29H24N4O4. The molecule has 5 aromatic rings. The molecule has 0 aliphatic heterocycles. The number of hydrogen-bond donors (Lipinski definition) is 1. The number of esters is 1. The second kappa shape index (κ2) is 10.3. The number of rotatable bonds is 7. The lowest BCUT2D eigenvalue weighted by molar-refractivity contribution is 0.0519. The maximum Gasteiger partial charge on any atom is 0.358 e. The number of para-hydroxylation sites is 1. The molecule has 37 heavy (non-hydrogen) atoms. The maximum atomic E-state index is 13.0. The Balaban J connectivity index is 1.48. The van der Waals surface area contributed by atoms with Gasteiger partial charge in [-0.1, -0.05) is 36.4 Å². The first kappa shape index (κ1) is 23.7. The first-order valence-corrected chi connectivity index (χ1v) is 11.7. The van der Waals surface area contributed by atoms with Crippen molar-refractivity contribution in [1.82, 2.24) is 14.8 Å². The summed E-state index contributed by atoms with van der Waals surface area (Å²) in [6.07, 6.45) is 0. The van der Waals surface area contributed by atoms with Gasteiger partial charge in [0.25, 0.3) is 5.91 Å². The van der Waals surface area contributed by atoms with Crippen molar-refractivity contribution in [3.05, 3.63) is 102 Å². The molecule has 0 unspecified atom stereocenters. The van der Waals surface area contributed by atoms with Crippen molar-refractivity contribution in [2.24, 2.45) is 0 Å². The molecule has 2 aromatic heterocycles. The lowest BCUT2D eigenvalue weighted by Crippen LogP contribution is -2.13. The first-order chi connectivity index (χ1) is 18.1. The number of methoxy groups -OCH3 is 1. The number of benzene rings is 3. The SMILES string of the molecule is CCOC(=O)c1cc(-c2cccc(NC(=O)c3ccc4ccccc4n3)c2)n(-c2ccc(OC)cc2)n1. The van der Waals surface area contributed by atoms with Crippen LogP contribution in [0.2, 0.25) is 0 Å². The molecule has 0 atom stereocenters. The summed E-state index contributed by atoms with van der Waals surface area (Å²) >= 11 is 0. The van der Waals surface area contributed by atoms with E-state index in [1.807, 2.05) is 72.8 Å². The highest BCUT2D eigenvalue weighted by Crippen LogP contribution is 2.28. The molecule has 0 saturated carbocycles. The van der Waals surface area contributed by atoms with Gasteiger partial charge >= 0.3 is 5.97 Å². The summed E-state index contributed by atoms with van der Waals surface area (Å²) in [5.74, 6) is -0.128. The van der Waals surface area contributed by atoms with Crippen LogP contribution >= 0.6 is 0 Å². The van der Waals surface area contributed by atoms with E-state index in [0.29, 0.717) is 22.8 Å². The van der Waals surface area contributed by atoms with E-state index in [0.717, 1.165) is 22.2 Å². The van der Waals surface area contributed by atoms with Gasteiger partial charge in [0.05, 0.1) is 30.6 Å². The largest absolute Gasteiger partial charge is 0.497 e. The third-order valence-corrected chi connectivity index (χ3v) is 5.76. The molecule has 0 aliphatic rings. The molecule has 8 heteroatoms. The van der Waals surface area contributed by atoms with Crippen molar-refractivity contribution in [3.63, 3.8) is 0 Å². The van der Waals surface area contributed by atoms with Crippen molar-refractivity contribution in [1.29, 1.82) is 0 Å². The van der Waals surface area contributed by atoms with Crippen molar-refractivity contribution >= 4 is 28.5 Å². The van der Waals surface area contributed by atoms with Crippen LogP contribution in [-0.2, 0) is 4.74 Å². The number of nitrogens with one attached hydrogen (secondary N) is 1. The molecule has 0 aliphatic carbocycles. The molecule has 0 fully saturated rings. The molecule has 184 valence electrons. The number of amides is 1.